The summed E-state index contributed by atoms with van der Waals surface area (Å²) >= 11 is 0. The van der Waals surface area contributed by atoms with E-state index >= 15 is 0 Å². The maximum atomic E-state index is 12.0. The van der Waals surface area contributed by atoms with Gasteiger partial charge in [0.25, 0.3) is 0 Å². The van der Waals surface area contributed by atoms with E-state index in [9.17, 15) is 14.9 Å². The van der Waals surface area contributed by atoms with Crippen LogP contribution in [0.2, 0.25) is 0 Å². The van der Waals surface area contributed by atoms with Gasteiger partial charge in [-0.05, 0) is 12.1 Å². The van der Waals surface area contributed by atoms with Gasteiger partial charge in [0, 0.05) is 30.6 Å². The topological polar surface area (TPSA) is 97.6 Å². The Morgan fingerprint density at radius 3 is 2.90 bits per heavy atom. The average molecular weight is 292 g/mol. The Bertz CT molecular complexity index is 559. The van der Waals surface area contributed by atoms with E-state index in [1.165, 1.54) is 0 Å². The highest BCUT2D eigenvalue weighted by atomic mass is 16.6. The normalized spacial score (nSPS) is 24.5. The number of ether oxygens (including phenoxy) is 1. The summed E-state index contributed by atoms with van der Waals surface area (Å²) in [5, 5.41) is 13.4. The summed E-state index contributed by atoms with van der Waals surface area (Å²) in [6.07, 6.45) is 1.98. The monoisotopic (exact) mass is 292 g/mol. The summed E-state index contributed by atoms with van der Waals surface area (Å²) in [6, 6.07) is 2.75. The molecule has 0 aromatic carbocycles. The number of nitro groups is 1. The molecule has 0 spiro atoms. The molecule has 2 atom stereocenters. The molecule has 1 N–H and O–H groups in total. The molecule has 8 nitrogen and oxygen atoms in total. The lowest BCUT2D eigenvalue weighted by atomic mass is 10.3. The summed E-state index contributed by atoms with van der Waals surface area (Å²) in [5.74, 6) is -0.149. The van der Waals surface area contributed by atoms with Crippen LogP contribution in [0.3, 0.4) is 0 Å². The molecule has 3 rings (SSSR count). The van der Waals surface area contributed by atoms with E-state index in [0.29, 0.717) is 44.2 Å². The number of nitrogens with one attached hydrogen (secondary N) is 1. The highest BCUT2D eigenvalue weighted by molar-refractivity contribution is 5.97. The zero-order chi connectivity index (χ0) is 14.8. The number of rotatable bonds is 4. The van der Waals surface area contributed by atoms with Crippen molar-refractivity contribution >= 4 is 17.4 Å². The molecule has 2 aliphatic rings. The van der Waals surface area contributed by atoms with Crippen molar-refractivity contribution in [3.05, 3.63) is 28.4 Å². The molecule has 1 aliphatic carbocycles. The smallest absolute Gasteiger partial charge is 0.234 e. The second-order valence-corrected chi connectivity index (χ2v) is 5.16. The Morgan fingerprint density at radius 2 is 2.24 bits per heavy atom. The Balaban J connectivity index is 1.70. The maximum absolute atomic E-state index is 12.0. The van der Waals surface area contributed by atoms with Crippen LogP contribution in [0.4, 0.5) is 11.5 Å². The van der Waals surface area contributed by atoms with Crippen LogP contribution in [-0.2, 0) is 9.53 Å². The standard InChI is InChI=1S/C13H16N4O4/c18-13(9-8-11(9)17(19)20)15-10-2-1-3-14-12(10)16-4-6-21-7-5-16/h1-3,9,11H,4-8H2,(H,15,18)/t9-,11+/m1/s1. The highest BCUT2D eigenvalue weighted by Crippen LogP contribution is 2.35. The molecule has 1 aliphatic heterocycles. The number of anilines is 2. The minimum absolute atomic E-state index is 0.306. The van der Waals surface area contributed by atoms with Crippen LogP contribution in [0.5, 0.6) is 0 Å². The fraction of sp³-hybridized carbons (Fsp3) is 0.538. The first kappa shape index (κ1) is 13.7. The summed E-state index contributed by atoms with van der Waals surface area (Å²) < 4.78 is 5.30. The minimum atomic E-state index is -0.742. The van der Waals surface area contributed by atoms with Crippen LogP contribution < -0.4 is 10.2 Å². The van der Waals surface area contributed by atoms with Crippen molar-refractivity contribution in [2.75, 3.05) is 36.5 Å². The van der Waals surface area contributed by atoms with Gasteiger partial charge in [0.05, 0.1) is 18.9 Å². The van der Waals surface area contributed by atoms with Gasteiger partial charge in [0.1, 0.15) is 5.92 Å². The highest BCUT2D eigenvalue weighted by Gasteiger charge is 2.53. The molecule has 2 fully saturated rings. The number of pyridine rings is 1. The summed E-state index contributed by atoms with van der Waals surface area (Å²) in [7, 11) is 0. The van der Waals surface area contributed by atoms with Gasteiger partial charge in [-0.1, -0.05) is 0 Å². The number of hydrogen-bond acceptors (Lipinski definition) is 6. The Hall–Kier alpha value is -2.22. The fourth-order valence-corrected chi connectivity index (χ4v) is 2.44. The molecule has 1 aromatic heterocycles. The maximum Gasteiger partial charge on any atom is 0.234 e. The molecule has 1 saturated carbocycles. The molecule has 0 unspecified atom stereocenters. The molecular formula is C13H16N4O4. The van der Waals surface area contributed by atoms with Crippen LogP contribution in [-0.4, -0.2) is 48.2 Å². The predicted molar refractivity (Wildman–Crippen MR) is 74.8 cm³/mol. The van der Waals surface area contributed by atoms with E-state index in [0.717, 1.165) is 0 Å². The molecule has 0 bridgehead atoms. The van der Waals surface area contributed by atoms with Crippen LogP contribution in [0.1, 0.15) is 6.42 Å². The largest absolute Gasteiger partial charge is 0.378 e. The number of hydrogen-bond donors (Lipinski definition) is 1. The second-order valence-electron chi connectivity index (χ2n) is 5.16. The molecule has 1 saturated heterocycles. The van der Waals surface area contributed by atoms with Gasteiger partial charge in [-0.15, -0.1) is 0 Å². The van der Waals surface area contributed by atoms with Crippen molar-refractivity contribution in [3.8, 4) is 0 Å². The molecule has 8 heteroatoms. The molecular weight excluding hydrogens is 276 g/mol. The average Bonchev–Trinajstić information content (AvgIpc) is 3.29. The number of morpholine rings is 1. The van der Waals surface area contributed by atoms with Gasteiger partial charge in [-0.25, -0.2) is 4.98 Å². The van der Waals surface area contributed by atoms with Gasteiger partial charge in [-0.2, -0.15) is 0 Å². The third kappa shape index (κ3) is 2.94. The Morgan fingerprint density at radius 1 is 1.48 bits per heavy atom. The third-order valence-electron chi connectivity index (χ3n) is 3.72. The molecule has 0 radical (unpaired) electrons. The molecule has 2 heterocycles. The number of nitrogens with zero attached hydrogens (tertiary/aromatic N) is 3. The van der Waals surface area contributed by atoms with Gasteiger partial charge >= 0.3 is 0 Å². The van der Waals surface area contributed by atoms with Crippen molar-refractivity contribution < 1.29 is 14.5 Å². The summed E-state index contributed by atoms with van der Waals surface area (Å²) in [4.78, 5) is 28.6. The zero-order valence-electron chi connectivity index (χ0n) is 11.4. The molecule has 112 valence electrons. The van der Waals surface area contributed by atoms with Gasteiger partial charge in [0.15, 0.2) is 5.82 Å². The van der Waals surface area contributed by atoms with E-state index in [1.54, 1.807) is 18.3 Å². The predicted octanol–water partition coefficient (Wildman–Crippen LogP) is 0.522. The first-order valence-corrected chi connectivity index (χ1v) is 6.89. The van der Waals surface area contributed by atoms with Gasteiger partial charge in [0.2, 0.25) is 11.9 Å². The lowest BCUT2D eigenvalue weighted by Crippen LogP contribution is -2.37. The zero-order valence-corrected chi connectivity index (χ0v) is 11.4. The van der Waals surface area contributed by atoms with Crippen LogP contribution in [0.15, 0.2) is 18.3 Å². The molecule has 1 aromatic rings. The summed E-state index contributed by atoms with van der Waals surface area (Å²) in [6.45, 7) is 2.66. The van der Waals surface area contributed by atoms with Gasteiger partial charge < -0.3 is 15.0 Å². The van der Waals surface area contributed by atoms with E-state index in [1.807, 2.05) is 4.90 Å². The minimum Gasteiger partial charge on any atom is -0.378 e. The van der Waals surface area contributed by atoms with Crippen molar-refractivity contribution in [3.63, 3.8) is 0 Å². The van der Waals surface area contributed by atoms with E-state index in [-0.39, 0.29) is 5.91 Å². The summed E-state index contributed by atoms with van der Waals surface area (Å²) in [5.41, 5.74) is 0.596. The first-order valence-electron chi connectivity index (χ1n) is 6.89. The Kier molecular flexibility index (Phi) is 3.70. The van der Waals surface area contributed by atoms with E-state index in [2.05, 4.69) is 10.3 Å². The molecule has 1 amide bonds. The second kappa shape index (κ2) is 5.65. The first-order chi connectivity index (χ1) is 10.2. The molecule has 21 heavy (non-hydrogen) atoms. The number of carbonyl (C=O) groups is 1. The lowest BCUT2D eigenvalue weighted by Gasteiger charge is -2.29. The van der Waals surface area contributed by atoms with Crippen LogP contribution in [0.25, 0.3) is 0 Å². The van der Waals surface area contributed by atoms with Crippen molar-refractivity contribution in [2.24, 2.45) is 5.92 Å². The third-order valence-corrected chi connectivity index (χ3v) is 3.72. The van der Waals surface area contributed by atoms with Crippen LogP contribution >= 0.6 is 0 Å². The van der Waals surface area contributed by atoms with Crippen LogP contribution in [0, 0.1) is 16.0 Å². The SMILES string of the molecule is O=C(Nc1cccnc1N1CCOCC1)[C@@H]1C[C@@H]1[N+](=O)[O-]. The number of aromatic nitrogens is 1. The van der Waals surface area contributed by atoms with Crippen molar-refractivity contribution in [2.45, 2.75) is 12.5 Å². The lowest BCUT2D eigenvalue weighted by molar-refractivity contribution is -0.497. The van der Waals surface area contributed by atoms with Gasteiger partial charge in [-0.3, -0.25) is 14.9 Å². The quantitative estimate of drug-likeness (QED) is 0.642. The fourth-order valence-electron chi connectivity index (χ4n) is 2.44. The van der Waals surface area contributed by atoms with Crippen molar-refractivity contribution in [1.29, 1.82) is 0 Å². The Labute approximate surface area is 121 Å². The number of carbonyl (C=O) groups excluding carboxylic acids is 1. The van der Waals surface area contributed by atoms with E-state index < -0.39 is 16.9 Å². The number of amides is 1. The van der Waals surface area contributed by atoms with Crippen molar-refractivity contribution in [1.82, 2.24) is 4.98 Å². The van der Waals surface area contributed by atoms with E-state index in [4.69, 9.17) is 4.74 Å².